The van der Waals surface area contributed by atoms with Gasteiger partial charge in [0, 0.05) is 24.9 Å². The van der Waals surface area contributed by atoms with Crippen molar-refractivity contribution in [3.05, 3.63) is 59.4 Å². The number of aromatic nitrogens is 1. The van der Waals surface area contributed by atoms with E-state index in [1.165, 1.54) is 0 Å². The first-order valence-corrected chi connectivity index (χ1v) is 10.8. The van der Waals surface area contributed by atoms with Crippen LogP contribution >= 0.6 is 0 Å². The molecule has 0 saturated heterocycles. The molecule has 1 aliphatic carbocycles. The molecule has 1 aromatic heterocycles. The van der Waals surface area contributed by atoms with Gasteiger partial charge in [0.05, 0.1) is 17.2 Å². The number of anilines is 1. The zero-order valence-corrected chi connectivity index (χ0v) is 17.6. The van der Waals surface area contributed by atoms with E-state index in [4.69, 9.17) is 0 Å². The molecular weight excluding hydrogens is 394 g/mol. The van der Waals surface area contributed by atoms with Gasteiger partial charge in [-0.15, -0.1) is 0 Å². The summed E-state index contributed by atoms with van der Waals surface area (Å²) in [5.74, 6) is -1.28. The van der Waals surface area contributed by atoms with E-state index < -0.39 is 12.0 Å². The van der Waals surface area contributed by atoms with Crippen LogP contribution in [0.2, 0.25) is 0 Å². The first kappa shape index (κ1) is 21.0. The standard InChI is InChI=1S/C24H27N3O4/c1-15-5-10-19-20(12-15)26-22(28)21(13-18-4-2-3-11-25-18)27(23(19)29)14-16-6-8-17(9-7-16)24(30)31/h2-5,10-12,16-17,21H,6-9,13-14H2,1H3,(H,26,28)(H,30,31)/t16?,17?,21-/m1/s1. The Bertz CT molecular complexity index is 984. The Morgan fingerprint density at radius 3 is 2.61 bits per heavy atom. The minimum atomic E-state index is -0.749. The van der Waals surface area contributed by atoms with Crippen LogP contribution in [0.1, 0.15) is 47.3 Å². The van der Waals surface area contributed by atoms with Crippen LogP contribution in [0.3, 0.4) is 0 Å². The molecule has 2 aliphatic rings. The number of benzene rings is 1. The van der Waals surface area contributed by atoms with E-state index >= 15 is 0 Å². The zero-order valence-electron chi connectivity index (χ0n) is 17.6. The van der Waals surface area contributed by atoms with Crippen LogP contribution < -0.4 is 5.32 Å². The number of nitrogens with one attached hydrogen (secondary N) is 1. The summed E-state index contributed by atoms with van der Waals surface area (Å²) in [6, 6.07) is 10.3. The second-order valence-corrected chi connectivity index (χ2v) is 8.59. The minimum Gasteiger partial charge on any atom is -0.481 e. The van der Waals surface area contributed by atoms with Gasteiger partial charge in [-0.25, -0.2) is 0 Å². The number of hydrogen-bond donors (Lipinski definition) is 2. The third kappa shape index (κ3) is 4.60. The second-order valence-electron chi connectivity index (χ2n) is 8.59. The summed E-state index contributed by atoms with van der Waals surface area (Å²) in [6.07, 6.45) is 4.69. The van der Waals surface area contributed by atoms with Crippen LogP contribution in [0, 0.1) is 18.8 Å². The van der Waals surface area contributed by atoms with Crippen molar-refractivity contribution in [1.82, 2.24) is 9.88 Å². The zero-order chi connectivity index (χ0) is 22.0. The summed E-state index contributed by atoms with van der Waals surface area (Å²) in [6.45, 7) is 2.36. The van der Waals surface area contributed by atoms with E-state index in [0.29, 0.717) is 37.1 Å². The van der Waals surface area contributed by atoms with Crippen molar-refractivity contribution in [3.63, 3.8) is 0 Å². The molecular formula is C24H27N3O4. The van der Waals surface area contributed by atoms with Gasteiger partial charge in [0.25, 0.3) is 5.91 Å². The van der Waals surface area contributed by atoms with E-state index in [1.54, 1.807) is 17.2 Å². The van der Waals surface area contributed by atoms with Gasteiger partial charge < -0.3 is 15.3 Å². The van der Waals surface area contributed by atoms with Gasteiger partial charge in [-0.2, -0.15) is 0 Å². The first-order valence-electron chi connectivity index (χ1n) is 10.8. The third-order valence-corrected chi connectivity index (χ3v) is 6.38. The number of carbonyl (C=O) groups is 3. The predicted molar refractivity (Wildman–Crippen MR) is 116 cm³/mol. The van der Waals surface area contributed by atoms with Crippen molar-refractivity contribution >= 4 is 23.5 Å². The topological polar surface area (TPSA) is 99.6 Å². The van der Waals surface area contributed by atoms with Crippen molar-refractivity contribution in [2.45, 2.75) is 45.1 Å². The van der Waals surface area contributed by atoms with Gasteiger partial charge in [0.2, 0.25) is 5.91 Å². The highest BCUT2D eigenvalue weighted by atomic mass is 16.4. The van der Waals surface area contributed by atoms with Crippen LogP contribution in [-0.2, 0) is 16.0 Å². The molecule has 7 nitrogen and oxygen atoms in total. The number of pyridine rings is 1. The van der Waals surface area contributed by atoms with Crippen LogP contribution in [0.25, 0.3) is 0 Å². The third-order valence-electron chi connectivity index (χ3n) is 6.38. The first-order chi connectivity index (χ1) is 14.9. The molecule has 1 aliphatic heterocycles. The molecule has 2 N–H and O–H groups in total. The van der Waals surface area contributed by atoms with Crippen LogP contribution in [0.5, 0.6) is 0 Å². The highest BCUT2D eigenvalue weighted by Gasteiger charge is 2.38. The number of fused-ring (bicyclic) bond motifs is 1. The smallest absolute Gasteiger partial charge is 0.306 e. The fourth-order valence-electron chi connectivity index (χ4n) is 4.60. The maximum atomic E-state index is 13.6. The SMILES string of the molecule is Cc1ccc2c(c1)NC(=O)[C@@H](Cc1ccccn1)N(CC1CCC(C(=O)O)CC1)C2=O. The molecule has 1 aromatic carbocycles. The highest BCUT2D eigenvalue weighted by molar-refractivity contribution is 6.10. The normalized spacial score (nSPS) is 23.6. The number of rotatable bonds is 5. The Hall–Kier alpha value is -3.22. The van der Waals surface area contributed by atoms with Crippen LogP contribution in [0.15, 0.2) is 42.6 Å². The van der Waals surface area contributed by atoms with Crippen molar-refractivity contribution in [3.8, 4) is 0 Å². The number of carboxylic acid groups (broad SMARTS) is 1. The Kier molecular flexibility index (Phi) is 6.02. The molecule has 1 saturated carbocycles. The Balaban J connectivity index is 1.62. The molecule has 2 aromatic rings. The molecule has 4 rings (SSSR count). The van der Waals surface area contributed by atoms with E-state index in [2.05, 4.69) is 10.3 Å². The van der Waals surface area contributed by atoms with Crippen molar-refractivity contribution in [2.75, 3.05) is 11.9 Å². The average Bonchev–Trinajstić information content (AvgIpc) is 2.85. The van der Waals surface area contributed by atoms with Gasteiger partial charge in [-0.05, 0) is 68.4 Å². The summed E-state index contributed by atoms with van der Waals surface area (Å²) in [7, 11) is 0. The van der Waals surface area contributed by atoms with Crippen LogP contribution in [0.4, 0.5) is 5.69 Å². The van der Waals surface area contributed by atoms with Crippen molar-refractivity contribution in [2.24, 2.45) is 11.8 Å². The van der Waals surface area contributed by atoms with Gasteiger partial charge >= 0.3 is 5.97 Å². The van der Waals surface area contributed by atoms with E-state index in [0.717, 1.165) is 24.1 Å². The number of aliphatic carboxylic acids is 1. The second kappa shape index (κ2) is 8.88. The molecule has 2 heterocycles. The Labute approximate surface area is 181 Å². The molecule has 0 spiro atoms. The molecule has 31 heavy (non-hydrogen) atoms. The molecule has 1 fully saturated rings. The average molecular weight is 421 g/mol. The van der Waals surface area contributed by atoms with Crippen LogP contribution in [-0.4, -0.2) is 45.4 Å². The lowest BCUT2D eigenvalue weighted by Gasteiger charge is -2.34. The number of amides is 2. The lowest BCUT2D eigenvalue weighted by atomic mass is 9.81. The molecule has 162 valence electrons. The summed E-state index contributed by atoms with van der Waals surface area (Å²) in [5, 5.41) is 12.2. The largest absolute Gasteiger partial charge is 0.481 e. The number of carbonyl (C=O) groups excluding carboxylic acids is 2. The number of hydrogen-bond acceptors (Lipinski definition) is 4. The minimum absolute atomic E-state index is 0.172. The molecule has 0 bridgehead atoms. The van der Waals surface area contributed by atoms with E-state index in [9.17, 15) is 19.5 Å². The van der Waals surface area contributed by atoms with Crippen molar-refractivity contribution in [1.29, 1.82) is 0 Å². The lowest BCUT2D eigenvalue weighted by molar-refractivity contribution is -0.143. The monoisotopic (exact) mass is 421 g/mol. The summed E-state index contributed by atoms with van der Waals surface area (Å²) < 4.78 is 0. The fraction of sp³-hybridized carbons (Fsp3) is 0.417. The molecule has 7 heteroatoms. The maximum absolute atomic E-state index is 13.6. The molecule has 1 atom stereocenters. The van der Waals surface area contributed by atoms with Gasteiger partial charge in [0.15, 0.2) is 0 Å². The summed E-state index contributed by atoms with van der Waals surface area (Å²) in [4.78, 5) is 44.1. The number of nitrogens with zero attached hydrogens (tertiary/aromatic N) is 2. The molecule has 0 radical (unpaired) electrons. The summed E-state index contributed by atoms with van der Waals surface area (Å²) in [5.41, 5.74) is 2.74. The lowest BCUT2D eigenvalue weighted by Crippen LogP contribution is -2.49. The number of carboxylic acids is 1. The Morgan fingerprint density at radius 1 is 1.16 bits per heavy atom. The van der Waals surface area contributed by atoms with Crippen molar-refractivity contribution < 1.29 is 19.5 Å². The van der Waals surface area contributed by atoms with Gasteiger partial charge in [-0.3, -0.25) is 19.4 Å². The summed E-state index contributed by atoms with van der Waals surface area (Å²) >= 11 is 0. The van der Waals surface area contributed by atoms with E-state index in [1.807, 2.05) is 37.3 Å². The van der Waals surface area contributed by atoms with E-state index in [-0.39, 0.29) is 23.7 Å². The number of aryl methyl sites for hydroxylation is 1. The van der Waals surface area contributed by atoms with Gasteiger partial charge in [0.1, 0.15) is 6.04 Å². The highest BCUT2D eigenvalue weighted by Crippen LogP contribution is 2.32. The molecule has 0 unspecified atom stereocenters. The predicted octanol–water partition coefficient (Wildman–Crippen LogP) is 3.29. The fourth-order valence-corrected chi connectivity index (χ4v) is 4.60. The van der Waals surface area contributed by atoms with Gasteiger partial charge in [-0.1, -0.05) is 12.1 Å². The Morgan fingerprint density at radius 2 is 1.94 bits per heavy atom. The quantitative estimate of drug-likeness (QED) is 0.772. The maximum Gasteiger partial charge on any atom is 0.306 e. The molecule has 2 amide bonds.